The van der Waals surface area contributed by atoms with Crippen LogP contribution in [0.4, 0.5) is 14.5 Å². The predicted molar refractivity (Wildman–Crippen MR) is 93.3 cm³/mol. The van der Waals surface area contributed by atoms with E-state index in [9.17, 15) is 18.8 Å². The van der Waals surface area contributed by atoms with Crippen molar-refractivity contribution in [3.05, 3.63) is 58.6 Å². The largest absolute Gasteiger partial charge is 0.495 e. The summed E-state index contributed by atoms with van der Waals surface area (Å²) in [7, 11) is 1.47. The Hall–Kier alpha value is -3.11. The fourth-order valence-corrected chi connectivity index (χ4v) is 2.26. The number of carbonyl (C=O) groups is 1. The van der Waals surface area contributed by atoms with Gasteiger partial charge in [-0.2, -0.15) is 14.0 Å². The number of nitriles is 1. The monoisotopic (exact) mass is 378 g/mol. The molecule has 0 aliphatic heterocycles. The van der Waals surface area contributed by atoms with Gasteiger partial charge in [0, 0.05) is 5.69 Å². The average Bonchev–Trinajstić information content (AvgIpc) is 2.60. The molecule has 0 aromatic heterocycles. The molecule has 0 unspecified atom stereocenters. The standard InChI is InChI=1S/C18H13ClF2N2O3/c1-25-16-7-4-13(9-15(16)19)23-17(24)12(10-22)8-11-2-5-14(6-3-11)26-18(20)21/h2-9,18H,1H3,(H,23,24). The van der Waals surface area contributed by atoms with Crippen molar-refractivity contribution < 1.29 is 23.0 Å². The van der Waals surface area contributed by atoms with E-state index in [4.69, 9.17) is 16.3 Å². The molecule has 0 atom stereocenters. The number of benzene rings is 2. The molecule has 0 heterocycles. The van der Waals surface area contributed by atoms with Crippen LogP contribution in [0.3, 0.4) is 0 Å². The van der Waals surface area contributed by atoms with Crippen LogP contribution in [-0.2, 0) is 4.79 Å². The molecule has 1 N–H and O–H groups in total. The van der Waals surface area contributed by atoms with E-state index in [1.54, 1.807) is 18.2 Å². The summed E-state index contributed by atoms with van der Waals surface area (Å²) in [6.07, 6.45) is 1.33. The Morgan fingerprint density at radius 1 is 1.27 bits per heavy atom. The highest BCUT2D eigenvalue weighted by Gasteiger charge is 2.11. The van der Waals surface area contributed by atoms with Gasteiger partial charge in [0.15, 0.2) is 0 Å². The summed E-state index contributed by atoms with van der Waals surface area (Å²) < 4.78 is 33.5. The minimum absolute atomic E-state index is 0.0204. The third-order valence-corrected chi connectivity index (χ3v) is 3.49. The van der Waals surface area contributed by atoms with Gasteiger partial charge in [0.25, 0.3) is 5.91 Å². The molecule has 0 bridgehead atoms. The number of hydrogen-bond donors (Lipinski definition) is 1. The molecule has 134 valence electrons. The van der Waals surface area contributed by atoms with Gasteiger partial charge in [-0.05, 0) is 42.0 Å². The second kappa shape index (κ2) is 8.83. The van der Waals surface area contributed by atoms with Crippen molar-refractivity contribution in [3.63, 3.8) is 0 Å². The van der Waals surface area contributed by atoms with Crippen molar-refractivity contribution >= 4 is 29.3 Å². The molecule has 0 spiro atoms. The number of hydrogen-bond acceptors (Lipinski definition) is 4. The van der Waals surface area contributed by atoms with Crippen molar-refractivity contribution in [2.45, 2.75) is 6.61 Å². The molecule has 1 amide bonds. The quantitative estimate of drug-likeness (QED) is 0.593. The zero-order chi connectivity index (χ0) is 19.1. The summed E-state index contributed by atoms with van der Waals surface area (Å²) >= 11 is 5.99. The van der Waals surface area contributed by atoms with Crippen LogP contribution >= 0.6 is 11.6 Å². The predicted octanol–water partition coefficient (Wildman–Crippen LogP) is 4.50. The number of anilines is 1. The molecule has 2 aromatic carbocycles. The van der Waals surface area contributed by atoms with E-state index in [0.29, 0.717) is 22.0 Å². The second-order valence-corrected chi connectivity index (χ2v) is 5.33. The number of alkyl halides is 2. The third-order valence-electron chi connectivity index (χ3n) is 3.19. The number of rotatable bonds is 6. The molecule has 0 saturated heterocycles. The SMILES string of the molecule is COc1ccc(NC(=O)C(C#N)=Cc2ccc(OC(F)F)cc2)cc1Cl. The lowest BCUT2D eigenvalue weighted by molar-refractivity contribution is -0.112. The van der Waals surface area contributed by atoms with E-state index in [0.717, 1.165) is 0 Å². The van der Waals surface area contributed by atoms with Gasteiger partial charge in [-0.15, -0.1) is 0 Å². The van der Waals surface area contributed by atoms with Crippen LogP contribution in [-0.4, -0.2) is 19.6 Å². The maximum atomic E-state index is 12.2. The zero-order valence-electron chi connectivity index (χ0n) is 13.5. The van der Waals surface area contributed by atoms with Crippen LogP contribution in [0.25, 0.3) is 6.08 Å². The Morgan fingerprint density at radius 2 is 1.96 bits per heavy atom. The van der Waals surface area contributed by atoms with E-state index in [1.807, 2.05) is 0 Å². The topological polar surface area (TPSA) is 71.3 Å². The maximum Gasteiger partial charge on any atom is 0.387 e. The highest BCUT2D eigenvalue weighted by molar-refractivity contribution is 6.32. The number of methoxy groups -OCH3 is 1. The van der Waals surface area contributed by atoms with Gasteiger partial charge in [-0.1, -0.05) is 23.7 Å². The van der Waals surface area contributed by atoms with Gasteiger partial charge in [0.1, 0.15) is 23.1 Å². The lowest BCUT2D eigenvalue weighted by Gasteiger charge is -2.08. The van der Waals surface area contributed by atoms with Gasteiger partial charge < -0.3 is 14.8 Å². The number of amides is 1. The molecule has 0 aliphatic rings. The van der Waals surface area contributed by atoms with E-state index in [2.05, 4.69) is 10.1 Å². The molecule has 26 heavy (non-hydrogen) atoms. The normalized spacial score (nSPS) is 11.0. The summed E-state index contributed by atoms with van der Waals surface area (Å²) in [6.45, 7) is -2.92. The second-order valence-electron chi connectivity index (χ2n) is 4.92. The zero-order valence-corrected chi connectivity index (χ0v) is 14.3. The highest BCUT2D eigenvalue weighted by atomic mass is 35.5. The Bertz CT molecular complexity index is 862. The summed E-state index contributed by atoms with van der Waals surface area (Å²) in [6, 6.07) is 12.0. The van der Waals surface area contributed by atoms with Crippen molar-refractivity contribution in [1.82, 2.24) is 0 Å². The highest BCUT2D eigenvalue weighted by Crippen LogP contribution is 2.27. The molecular formula is C18H13ClF2N2O3. The lowest BCUT2D eigenvalue weighted by Crippen LogP contribution is -2.13. The summed E-state index contributed by atoms with van der Waals surface area (Å²) in [4.78, 5) is 12.2. The molecule has 8 heteroatoms. The third kappa shape index (κ3) is 5.19. The van der Waals surface area contributed by atoms with Crippen LogP contribution in [0.2, 0.25) is 5.02 Å². The van der Waals surface area contributed by atoms with Gasteiger partial charge in [-0.25, -0.2) is 0 Å². The van der Waals surface area contributed by atoms with E-state index >= 15 is 0 Å². The van der Waals surface area contributed by atoms with Crippen molar-refractivity contribution in [1.29, 1.82) is 5.26 Å². The first-order valence-electron chi connectivity index (χ1n) is 7.24. The van der Waals surface area contributed by atoms with Crippen molar-refractivity contribution in [2.24, 2.45) is 0 Å². The number of nitrogens with one attached hydrogen (secondary N) is 1. The van der Waals surface area contributed by atoms with Gasteiger partial charge >= 0.3 is 6.61 Å². The Labute approximate surface area is 153 Å². The maximum absolute atomic E-state index is 12.2. The molecule has 0 radical (unpaired) electrons. The van der Waals surface area contributed by atoms with E-state index < -0.39 is 12.5 Å². The number of halogens is 3. The fraction of sp³-hybridized carbons (Fsp3) is 0.111. The van der Waals surface area contributed by atoms with Gasteiger partial charge in [-0.3, -0.25) is 4.79 Å². The Morgan fingerprint density at radius 3 is 2.50 bits per heavy atom. The molecule has 0 fully saturated rings. The van der Waals surface area contributed by atoms with Crippen LogP contribution in [0.1, 0.15) is 5.56 Å². The minimum atomic E-state index is -2.92. The van der Waals surface area contributed by atoms with Gasteiger partial charge in [0.05, 0.1) is 12.1 Å². The lowest BCUT2D eigenvalue weighted by atomic mass is 10.1. The minimum Gasteiger partial charge on any atom is -0.495 e. The molecule has 0 aliphatic carbocycles. The van der Waals surface area contributed by atoms with Crippen molar-refractivity contribution in [3.8, 4) is 17.6 Å². The molecule has 2 aromatic rings. The van der Waals surface area contributed by atoms with E-state index in [1.165, 1.54) is 43.5 Å². The molecule has 5 nitrogen and oxygen atoms in total. The van der Waals surface area contributed by atoms with Crippen LogP contribution in [0.15, 0.2) is 48.0 Å². The number of ether oxygens (including phenoxy) is 2. The summed E-state index contributed by atoms with van der Waals surface area (Å²) in [5.74, 6) is -0.207. The molecule has 0 saturated carbocycles. The average molecular weight is 379 g/mol. The first-order valence-corrected chi connectivity index (χ1v) is 7.62. The van der Waals surface area contributed by atoms with Crippen LogP contribution < -0.4 is 14.8 Å². The van der Waals surface area contributed by atoms with Crippen molar-refractivity contribution in [2.75, 3.05) is 12.4 Å². The smallest absolute Gasteiger partial charge is 0.387 e. The summed E-state index contributed by atoms with van der Waals surface area (Å²) in [5.41, 5.74) is 0.702. The molecular weight excluding hydrogens is 366 g/mol. The van der Waals surface area contributed by atoms with E-state index in [-0.39, 0.29) is 11.3 Å². The Balaban J connectivity index is 2.14. The molecule has 2 rings (SSSR count). The van der Waals surface area contributed by atoms with Crippen LogP contribution in [0, 0.1) is 11.3 Å². The van der Waals surface area contributed by atoms with Gasteiger partial charge in [0.2, 0.25) is 0 Å². The summed E-state index contributed by atoms with van der Waals surface area (Å²) in [5, 5.41) is 12.1. The fourth-order valence-electron chi connectivity index (χ4n) is 2.00. The van der Waals surface area contributed by atoms with Crippen LogP contribution in [0.5, 0.6) is 11.5 Å². The number of nitrogens with zero attached hydrogens (tertiary/aromatic N) is 1. The number of carbonyl (C=O) groups excluding carboxylic acids is 1. The first-order chi connectivity index (χ1) is 12.4. The first kappa shape index (κ1) is 19.2. The Kier molecular flexibility index (Phi) is 6.53.